The zero-order valence-corrected chi connectivity index (χ0v) is 6.65. The molecule has 0 atom stereocenters. The number of carbonyl (C=O) groups is 1. The monoisotopic (exact) mass is 164 g/mol. The van der Waals surface area contributed by atoms with Gasteiger partial charge in [0.05, 0.1) is 19.1 Å². The van der Waals surface area contributed by atoms with E-state index < -0.39 is 5.97 Å². The predicted molar refractivity (Wildman–Crippen MR) is 42.5 cm³/mol. The minimum absolute atomic E-state index is 0.400. The maximum Gasteiger partial charge on any atom is 0.338 e. The Morgan fingerprint density at radius 1 is 1.75 bits per heavy atom. The molecule has 0 aromatic carbocycles. The summed E-state index contributed by atoms with van der Waals surface area (Å²) in [4.78, 5) is 13.9. The molecule has 0 aliphatic heterocycles. The molecule has 0 N–H and O–H groups in total. The van der Waals surface area contributed by atoms with E-state index in [1.54, 1.807) is 12.2 Å². The lowest BCUT2D eigenvalue weighted by molar-refractivity contribution is -0.135. The van der Waals surface area contributed by atoms with E-state index in [2.05, 4.69) is 9.53 Å². The molecule has 4 heteroatoms. The van der Waals surface area contributed by atoms with Gasteiger partial charge in [-0.25, -0.2) is 4.79 Å². The van der Waals surface area contributed by atoms with Crippen molar-refractivity contribution in [1.82, 2.24) is 0 Å². The average molecular weight is 164 g/mol. The van der Waals surface area contributed by atoms with E-state index in [1.807, 2.05) is 0 Å². The highest BCUT2D eigenvalue weighted by molar-refractivity contribution is 6.03. The first kappa shape index (κ1) is 8.43. The van der Waals surface area contributed by atoms with Crippen molar-refractivity contribution in [3.63, 3.8) is 0 Å². The van der Waals surface area contributed by atoms with Gasteiger partial charge < -0.3 is 10.3 Å². The summed E-state index contributed by atoms with van der Waals surface area (Å²) in [6, 6.07) is 0. The molecule has 0 radical (unpaired) electrons. The molecule has 0 unspecified atom stereocenters. The molecule has 0 saturated heterocycles. The molecule has 0 amide bonds. The van der Waals surface area contributed by atoms with E-state index >= 15 is 0 Å². The highest BCUT2D eigenvalue weighted by Gasteiger charge is 2.14. The summed E-state index contributed by atoms with van der Waals surface area (Å²) in [7, 11) is 1.31. The van der Waals surface area contributed by atoms with Gasteiger partial charge in [0.1, 0.15) is 0 Å². The standard InChI is InChI=1S/C8H8N2O2/c1-12-8(11)6-3-2-4-7(5-6)10-9/h2-3,5H,4H2,1H3. The van der Waals surface area contributed by atoms with E-state index in [9.17, 15) is 4.79 Å². The maximum absolute atomic E-state index is 10.9. The molecule has 0 fully saturated rings. The van der Waals surface area contributed by atoms with Gasteiger partial charge in [0.2, 0.25) is 0 Å². The van der Waals surface area contributed by atoms with Crippen LogP contribution in [0.2, 0.25) is 0 Å². The minimum Gasteiger partial charge on any atom is -0.465 e. The van der Waals surface area contributed by atoms with Crippen LogP contribution in [0.1, 0.15) is 6.42 Å². The van der Waals surface area contributed by atoms with Crippen molar-refractivity contribution in [3.05, 3.63) is 29.3 Å². The maximum atomic E-state index is 10.9. The van der Waals surface area contributed by atoms with Crippen LogP contribution in [0.3, 0.4) is 0 Å². The second kappa shape index (κ2) is 3.64. The number of allylic oxidation sites excluding steroid dienone is 2. The van der Waals surface area contributed by atoms with Crippen LogP contribution >= 0.6 is 0 Å². The predicted octanol–water partition coefficient (Wildman–Crippen LogP) is 0.717. The second-order valence-corrected chi connectivity index (χ2v) is 2.29. The lowest BCUT2D eigenvalue weighted by Gasteiger charge is -2.00. The zero-order valence-electron chi connectivity index (χ0n) is 6.65. The summed E-state index contributed by atoms with van der Waals surface area (Å²) in [5.74, 6) is -0.424. The molecule has 12 heavy (non-hydrogen) atoms. The number of methoxy groups -OCH3 is 1. The SMILES string of the molecule is COC(=O)C1=CC(=[N+]=[N-])CC=C1. The summed E-state index contributed by atoms with van der Waals surface area (Å²) < 4.78 is 4.49. The summed E-state index contributed by atoms with van der Waals surface area (Å²) in [5, 5.41) is 0. The van der Waals surface area contributed by atoms with Crippen LogP contribution in [-0.4, -0.2) is 23.6 Å². The van der Waals surface area contributed by atoms with Gasteiger partial charge >= 0.3 is 5.97 Å². The second-order valence-electron chi connectivity index (χ2n) is 2.29. The Labute approximate surface area is 69.8 Å². The van der Waals surface area contributed by atoms with Gasteiger partial charge in [-0.15, -0.1) is 0 Å². The number of esters is 1. The topological polar surface area (TPSA) is 62.7 Å². The molecule has 1 aliphatic rings. The van der Waals surface area contributed by atoms with E-state index in [0.717, 1.165) is 0 Å². The smallest absolute Gasteiger partial charge is 0.338 e. The molecule has 0 saturated carbocycles. The van der Waals surface area contributed by atoms with E-state index in [-0.39, 0.29) is 0 Å². The van der Waals surface area contributed by atoms with Crippen LogP contribution in [0.4, 0.5) is 0 Å². The molecule has 0 spiro atoms. The van der Waals surface area contributed by atoms with Gasteiger partial charge in [0, 0.05) is 6.08 Å². The van der Waals surface area contributed by atoms with E-state index in [1.165, 1.54) is 13.2 Å². The molecule has 0 aromatic heterocycles. The molecule has 0 aromatic rings. The van der Waals surface area contributed by atoms with Crippen LogP contribution in [-0.2, 0) is 9.53 Å². The van der Waals surface area contributed by atoms with Crippen molar-refractivity contribution < 1.29 is 14.3 Å². The lowest BCUT2D eigenvalue weighted by Crippen LogP contribution is -2.08. The number of ether oxygens (including phenoxy) is 1. The fourth-order valence-electron chi connectivity index (χ4n) is 0.908. The Morgan fingerprint density at radius 2 is 2.50 bits per heavy atom. The molecule has 1 rings (SSSR count). The number of rotatable bonds is 1. The van der Waals surface area contributed by atoms with E-state index in [0.29, 0.717) is 17.7 Å². The van der Waals surface area contributed by atoms with Gasteiger partial charge in [-0.05, 0) is 0 Å². The van der Waals surface area contributed by atoms with Crippen molar-refractivity contribution in [3.8, 4) is 0 Å². The summed E-state index contributed by atoms with van der Waals surface area (Å²) in [6.45, 7) is 0. The molecule has 1 aliphatic carbocycles. The highest BCUT2D eigenvalue weighted by Crippen LogP contribution is 2.07. The Morgan fingerprint density at radius 3 is 3.08 bits per heavy atom. The molecular weight excluding hydrogens is 156 g/mol. The van der Waals surface area contributed by atoms with Crippen molar-refractivity contribution in [1.29, 1.82) is 0 Å². The lowest BCUT2D eigenvalue weighted by atomic mass is 10.1. The van der Waals surface area contributed by atoms with Crippen LogP contribution in [0.5, 0.6) is 0 Å². The Bertz CT molecular complexity index is 309. The minimum atomic E-state index is -0.424. The molecular formula is C8H8N2O2. The largest absolute Gasteiger partial charge is 0.465 e. The van der Waals surface area contributed by atoms with Crippen molar-refractivity contribution >= 4 is 11.7 Å². The number of nitrogens with zero attached hydrogens (tertiary/aromatic N) is 2. The Hall–Kier alpha value is -1.67. The van der Waals surface area contributed by atoms with Crippen molar-refractivity contribution in [2.75, 3.05) is 7.11 Å². The number of hydrogen-bond donors (Lipinski definition) is 0. The van der Waals surface area contributed by atoms with Crippen LogP contribution in [0.25, 0.3) is 5.53 Å². The normalized spacial score (nSPS) is 15.1. The highest BCUT2D eigenvalue weighted by atomic mass is 16.5. The van der Waals surface area contributed by atoms with Gasteiger partial charge in [0.15, 0.2) is 0 Å². The molecule has 0 heterocycles. The summed E-state index contributed by atoms with van der Waals surface area (Å²) in [6.07, 6.45) is 5.41. The van der Waals surface area contributed by atoms with Gasteiger partial charge in [-0.3, -0.25) is 0 Å². The third kappa shape index (κ3) is 1.68. The number of hydrogen-bond acceptors (Lipinski definition) is 2. The first-order valence-electron chi connectivity index (χ1n) is 3.45. The first-order valence-corrected chi connectivity index (χ1v) is 3.45. The molecule has 62 valence electrons. The quantitative estimate of drug-likeness (QED) is 0.325. The van der Waals surface area contributed by atoms with E-state index in [4.69, 9.17) is 5.53 Å². The fourth-order valence-corrected chi connectivity index (χ4v) is 0.908. The van der Waals surface area contributed by atoms with Gasteiger partial charge in [-0.2, -0.15) is 4.79 Å². The summed E-state index contributed by atoms with van der Waals surface area (Å²) in [5.41, 5.74) is 9.28. The molecule has 4 nitrogen and oxygen atoms in total. The zero-order chi connectivity index (χ0) is 8.97. The van der Waals surface area contributed by atoms with Gasteiger partial charge in [-0.1, -0.05) is 12.2 Å². The fraction of sp³-hybridized carbons (Fsp3) is 0.250. The Balaban J connectivity index is 2.91. The molecule has 0 bridgehead atoms. The van der Waals surface area contributed by atoms with Gasteiger partial charge in [0.25, 0.3) is 5.71 Å². The van der Waals surface area contributed by atoms with Crippen LogP contribution in [0, 0.1) is 0 Å². The third-order valence-corrected chi connectivity index (χ3v) is 1.50. The summed E-state index contributed by atoms with van der Waals surface area (Å²) >= 11 is 0. The van der Waals surface area contributed by atoms with Crippen LogP contribution < -0.4 is 0 Å². The van der Waals surface area contributed by atoms with Crippen molar-refractivity contribution in [2.24, 2.45) is 0 Å². The first-order chi connectivity index (χ1) is 5.77. The Kier molecular flexibility index (Phi) is 2.56. The van der Waals surface area contributed by atoms with Crippen molar-refractivity contribution in [2.45, 2.75) is 6.42 Å². The third-order valence-electron chi connectivity index (χ3n) is 1.50. The average Bonchev–Trinajstić information content (AvgIpc) is 2.17. The number of carbonyl (C=O) groups excluding carboxylic acids is 1. The van der Waals surface area contributed by atoms with Crippen LogP contribution in [0.15, 0.2) is 23.8 Å².